The molecular weight excluding hydrogens is 226 g/mol. The SMILES string of the molecule is Cc1noc(CNCc2occc2C(=O)O)n1. The van der Waals surface area contributed by atoms with Crippen LogP contribution in [0.1, 0.15) is 27.8 Å². The van der Waals surface area contributed by atoms with Gasteiger partial charge in [0.1, 0.15) is 11.3 Å². The molecule has 2 aromatic heterocycles. The van der Waals surface area contributed by atoms with Crippen LogP contribution >= 0.6 is 0 Å². The lowest BCUT2D eigenvalue weighted by Gasteiger charge is -1.99. The summed E-state index contributed by atoms with van der Waals surface area (Å²) in [6, 6.07) is 1.41. The van der Waals surface area contributed by atoms with Crippen LogP contribution in [0.5, 0.6) is 0 Å². The van der Waals surface area contributed by atoms with Crippen LogP contribution in [0.25, 0.3) is 0 Å². The van der Waals surface area contributed by atoms with E-state index in [0.717, 1.165) is 0 Å². The molecule has 0 saturated carbocycles. The summed E-state index contributed by atoms with van der Waals surface area (Å²) in [7, 11) is 0. The lowest BCUT2D eigenvalue weighted by Crippen LogP contribution is -2.14. The van der Waals surface area contributed by atoms with Gasteiger partial charge in [-0.1, -0.05) is 5.16 Å². The predicted molar refractivity (Wildman–Crippen MR) is 55.2 cm³/mol. The normalized spacial score (nSPS) is 10.6. The molecule has 17 heavy (non-hydrogen) atoms. The van der Waals surface area contributed by atoms with Crippen LogP contribution in [-0.2, 0) is 13.1 Å². The van der Waals surface area contributed by atoms with Crippen molar-refractivity contribution in [2.75, 3.05) is 0 Å². The molecule has 0 aliphatic rings. The number of hydrogen-bond acceptors (Lipinski definition) is 6. The average Bonchev–Trinajstić information content (AvgIpc) is 2.87. The molecule has 0 unspecified atom stereocenters. The fourth-order valence-corrected chi connectivity index (χ4v) is 1.36. The van der Waals surface area contributed by atoms with Crippen LogP contribution in [0, 0.1) is 6.92 Å². The van der Waals surface area contributed by atoms with Crippen LogP contribution in [0.4, 0.5) is 0 Å². The first kappa shape index (κ1) is 11.3. The smallest absolute Gasteiger partial charge is 0.339 e. The van der Waals surface area contributed by atoms with Crippen molar-refractivity contribution in [2.45, 2.75) is 20.0 Å². The zero-order valence-electron chi connectivity index (χ0n) is 9.14. The van der Waals surface area contributed by atoms with Crippen LogP contribution in [-0.4, -0.2) is 21.2 Å². The monoisotopic (exact) mass is 237 g/mol. The molecule has 0 spiro atoms. The third-order valence-electron chi connectivity index (χ3n) is 2.11. The third-order valence-corrected chi connectivity index (χ3v) is 2.11. The summed E-state index contributed by atoms with van der Waals surface area (Å²) in [5, 5.41) is 15.4. The Kier molecular flexibility index (Phi) is 3.20. The summed E-state index contributed by atoms with van der Waals surface area (Å²) in [4.78, 5) is 14.8. The van der Waals surface area contributed by atoms with Gasteiger partial charge in [-0.25, -0.2) is 4.79 Å². The van der Waals surface area contributed by atoms with E-state index in [1.54, 1.807) is 6.92 Å². The van der Waals surface area contributed by atoms with Crippen LogP contribution in [0.3, 0.4) is 0 Å². The minimum absolute atomic E-state index is 0.152. The number of rotatable bonds is 5. The third kappa shape index (κ3) is 2.70. The second-order valence-corrected chi connectivity index (χ2v) is 3.40. The predicted octanol–water partition coefficient (Wildman–Crippen LogP) is 0.959. The van der Waals surface area contributed by atoms with Crippen LogP contribution in [0.2, 0.25) is 0 Å². The van der Waals surface area contributed by atoms with Gasteiger partial charge >= 0.3 is 5.97 Å². The van der Waals surface area contributed by atoms with Gasteiger partial charge in [-0.15, -0.1) is 0 Å². The van der Waals surface area contributed by atoms with Crippen molar-refractivity contribution in [1.29, 1.82) is 0 Å². The molecule has 7 nitrogen and oxygen atoms in total. The number of nitrogens with zero attached hydrogens (tertiary/aromatic N) is 2. The Labute approximate surface area is 96.4 Å². The number of carbonyl (C=O) groups is 1. The lowest BCUT2D eigenvalue weighted by atomic mass is 10.2. The molecule has 2 N–H and O–H groups in total. The average molecular weight is 237 g/mol. The van der Waals surface area contributed by atoms with Crippen molar-refractivity contribution in [3.8, 4) is 0 Å². The molecule has 2 heterocycles. The van der Waals surface area contributed by atoms with E-state index in [1.807, 2.05) is 0 Å². The Bertz CT molecular complexity index is 517. The summed E-state index contributed by atoms with van der Waals surface area (Å²) >= 11 is 0. The van der Waals surface area contributed by atoms with E-state index >= 15 is 0 Å². The van der Waals surface area contributed by atoms with Gasteiger partial charge in [0.15, 0.2) is 5.82 Å². The molecule has 0 atom stereocenters. The molecule has 2 aromatic rings. The number of nitrogens with one attached hydrogen (secondary N) is 1. The maximum absolute atomic E-state index is 10.8. The summed E-state index contributed by atoms with van der Waals surface area (Å²) < 4.78 is 9.95. The molecule has 90 valence electrons. The number of aromatic nitrogens is 2. The molecule has 0 aromatic carbocycles. The summed E-state index contributed by atoms with van der Waals surface area (Å²) in [6.45, 7) is 2.37. The first-order chi connectivity index (χ1) is 8.16. The van der Waals surface area contributed by atoms with E-state index in [9.17, 15) is 4.79 Å². The standard InChI is InChI=1S/C10H11N3O4/c1-6-12-9(17-13-6)5-11-4-8-7(10(14)15)2-3-16-8/h2-3,11H,4-5H2,1H3,(H,14,15). The maximum Gasteiger partial charge on any atom is 0.339 e. The molecule has 0 saturated heterocycles. The van der Waals surface area contributed by atoms with E-state index in [2.05, 4.69) is 15.5 Å². The van der Waals surface area contributed by atoms with E-state index in [-0.39, 0.29) is 12.1 Å². The summed E-state index contributed by atoms with van der Waals surface area (Å²) in [5.41, 5.74) is 0.152. The van der Waals surface area contributed by atoms with Gasteiger partial charge in [-0.2, -0.15) is 4.98 Å². The Hall–Kier alpha value is -2.15. The number of aryl methyl sites for hydroxylation is 1. The number of aromatic carboxylic acids is 1. The fourth-order valence-electron chi connectivity index (χ4n) is 1.36. The highest BCUT2D eigenvalue weighted by Gasteiger charge is 2.13. The maximum atomic E-state index is 10.8. The molecule has 0 bridgehead atoms. The Morgan fingerprint density at radius 2 is 2.35 bits per heavy atom. The molecule has 0 amide bonds. The topological polar surface area (TPSA) is 101 Å². The number of furan rings is 1. The van der Waals surface area contributed by atoms with Crippen LogP contribution < -0.4 is 5.32 Å². The number of carboxylic acids is 1. The molecule has 7 heteroatoms. The molecule has 0 aliphatic carbocycles. The second-order valence-electron chi connectivity index (χ2n) is 3.40. The minimum atomic E-state index is -1.01. The number of carboxylic acid groups (broad SMARTS) is 1. The van der Waals surface area contributed by atoms with Crippen molar-refractivity contribution >= 4 is 5.97 Å². The van der Waals surface area contributed by atoms with Crippen molar-refractivity contribution in [3.05, 3.63) is 35.4 Å². The highest BCUT2D eigenvalue weighted by Crippen LogP contribution is 2.10. The molecule has 0 radical (unpaired) electrons. The van der Waals surface area contributed by atoms with E-state index in [1.165, 1.54) is 12.3 Å². The highest BCUT2D eigenvalue weighted by molar-refractivity contribution is 5.88. The van der Waals surface area contributed by atoms with E-state index < -0.39 is 5.97 Å². The quantitative estimate of drug-likeness (QED) is 0.798. The zero-order valence-corrected chi connectivity index (χ0v) is 9.14. The van der Waals surface area contributed by atoms with Crippen molar-refractivity contribution in [1.82, 2.24) is 15.5 Å². The zero-order chi connectivity index (χ0) is 12.3. The van der Waals surface area contributed by atoms with Gasteiger partial charge in [0, 0.05) is 0 Å². The van der Waals surface area contributed by atoms with Gasteiger partial charge < -0.3 is 19.4 Å². The minimum Gasteiger partial charge on any atom is -0.478 e. The summed E-state index contributed by atoms with van der Waals surface area (Å²) in [5.74, 6) is 0.370. The fraction of sp³-hybridized carbons (Fsp3) is 0.300. The first-order valence-electron chi connectivity index (χ1n) is 4.96. The Morgan fingerprint density at radius 3 is 3.00 bits per heavy atom. The van der Waals surface area contributed by atoms with Crippen LogP contribution in [0.15, 0.2) is 21.3 Å². The molecule has 0 aliphatic heterocycles. The highest BCUT2D eigenvalue weighted by atomic mass is 16.5. The summed E-state index contributed by atoms with van der Waals surface area (Å²) in [6.07, 6.45) is 1.34. The van der Waals surface area contributed by atoms with Crippen molar-refractivity contribution in [3.63, 3.8) is 0 Å². The van der Waals surface area contributed by atoms with Gasteiger partial charge in [0.05, 0.1) is 19.4 Å². The van der Waals surface area contributed by atoms with Gasteiger partial charge in [0.25, 0.3) is 0 Å². The first-order valence-corrected chi connectivity index (χ1v) is 4.96. The number of hydrogen-bond donors (Lipinski definition) is 2. The van der Waals surface area contributed by atoms with Gasteiger partial charge in [-0.05, 0) is 13.0 Å². The lowest BCUT2D eigenvalue weighted by molar-refractivity contribution is 0.0694. The largest absolute Gasteiger partial charge is 0.478 e. The van der Waals surface area contributed by atoms with E-state index in [0.29, 0.717) is 24.0 Å². The molecule has 0 fully saturated rings. The Balaban J connectivity index is 1.90. The van der Waals surface area contributed by atoms with Crippen molar-refractivity contribution in [2.24, 2.45) is 0 Å². The molecular formula is C10H11N3O4. The van der Waals surface area contributed by atoms with E-state index in [4.69, 9.17) is 14.0 Å². The Morgan fingerprint density at radius 1 is 1.53 bits per heavy atom. The van der Waals surface area contributed by atoms with Gasteiger partial charge in [-0.3, -0.25) is 0 Å². The van der Waals surface area contributed by atoms with Crippen molar-refractivity contribution < 1.29 is 18.8 Å². The van der Waals surface area contributed by atoms with Gasteiger partial charge in [0.2, 0.25) is 5.89 Å². The molecule has 2 rings (SSSR count). The second kappa shape index (κ2) is 4.79.